The van der Waals surface area contributed by atoms with Gasteiger partial charge in [0.05, 0.1) is 19.3 Å². The summed E-state index contributed by atoms with van der Waals surface area (Å²) in [5, 5.41) is 4.53. The first-order valence-corrected chi connectivity index (χ1v) is 9.87. The Labute approximate surface area is 172 Å². The highest BCUT2D eigenvalue weighted by molar-refractivity contribution is 6.06. The number of hydrogen-bond acceptors (Lipinski definition) is 3. The van der Waals surface area contributed by atoms with E-state index in [2.05, 4.69) is 25.0 Å². The van der Waals surface area contributed by atoms with Gasteiger partial charge in [-0.3, -0.25) is 9.48 Å². The number of carbonyl (C=O) groups is 1. The second-order valence-corrected chi connectivity index (χ2v) is 7.63. The molecule has 4 nitrogen and oxygen atoms in total. The van der Waals surface area contributed by atoms with Crippen molar-refractivity contribution >= 4 is 11.9 Å². The lowest BCUT2D eigenvalue weighted by atomic mass is 10.00. The molecule has 0 spiro atoms. The van der Waals surface area contributed by atoms with Crippen LogP contribution in [0.5, 0.6) is 5.75 Å². The molecule has 0 saturated carbocycles. The molecule has 0 aliphatic heterocycles. The zero-order valence-corrected chi connectivity index (χ0v) is 17.8. The van der Waals surface area contributed by atoms with Gasteiger partial charge in [0, 0.05) is 16.8 Å². The van der Waals surface area contributed by atoms with Gasteiger partial charge in [0.15, 0.2) is 5.78 Å². The van der Waals surface area contributed by atoms with Crippen LogP contribution in [0.2, 0.25) is 0 Å². The summed E-state index contributed by atoms with van der Waals surface area (Å²) in [5.41, 5.74) is 6.00. The van der Waals surface area contributed by atoms with Gasteiger partial charge in [-0.05, 0) is 55.2 Å². The summed E-state index contributed by atoms with van der Waals surface area (Å²) in [5.74, 6) is 1.26. The number of rotatable bonds is 7. The van der Waals surface area contributed by atoms with E-state index in [1.165, 1.54) is 5.56 Å². The third-order valence-electron chi connectivity index (χ3n) is 5.02. The summed E-state index contributed by atoms with van der Waals surface area (Å²) >= 11 is 0. The van der Waals surface area contributed by atoms with Crippen LogP contribution in [0, 0.1) is 13.8 Å². The molecular formula is C25H28N2O2. The van der Waals surface area contributed by atoms with Crippen LogP contribution in [-0.4, -0.2) is 22.7 Å². The molecule has 4 heteroatoms. The maximum atomic E-state index is 12.5. The van der Waals surface area contributed by atoms with E-state index in [1.54, 1.807) is 13.2 Å². The van der Waals surface area contributed by atoms with Crippen molar-refractivity contribution in [2.75, 3.05) is 7.11 Å². The van der Waals surface area contributed by atoms with Crippen molar-refractivity contribution in [3.63, 3.8) is 0 Å². The first-order valence-electron chi connectivity index (χ1n) is 9.87. The summed E-state index contributed by atoms with van der Waals surface area (Å²) in [6.07, 6.45) is 3.47. The Morgan fingerprint density at radius 2 is 1.83 bits per heavy atom. The quantitative estimate of drug-likeness (QED) is 0.392. The van der Waals surface area contributed by atoms with E-state index in [0.29, 0.717) is 18.0 Å². The second kappa shape index (κ2) is 8.91. The van der Waals surface area contributed by atoms with Crippen molar-refractivity contribution in [1.29, 1.82) is 0 Å². The van der Waals surface area contributed by atoms with E-state index in [1.807, 2.05) is 67.1 Å². The molecule has 3 aromatic rings. The van der Waals surface area contributed by atoms with Crippen LogP contribution in [0.1, 0.15) is 58.2 Å². The van der Waals surface area contributed by atoms with Gasteiger partial charge < -0.3 is 4.74 Å². The van der Waals surface area contributed by atoms with Crippen LogP contribution in [0.15, 0.2) is 54.6 Å². The number of ketones is 1. The Hall–Kier alpha value is -3.14. The van der Waals surface area contributed by atoms with Gasteiger partial charge in [0.25, 0.3) is 0 Å². The maximum Gasteiger partial charge on any atom is 0.185 e. The zero-order valence-electron chi connectivity index (χ0n) is 17.8. The van der Waals surface area contributed by atoms with Crippen molar-refractivity contribution in [3.05, 3.63) is 88.2 Å². The topological polar surface area (TPSA) is 44.1 Å². The normalized spacial score (nSPS) is 11.4. The molecule has 0 aliphatic carbocycles. The Bertz CT molecular complexity index is 1030. The second-order valence-electron chi connectivity index (χ2n) is 7.63. The summed E-state index contributed by atoms with van der Waals surface area (Å²) < 4.78 is 7.47. The lowest BCUT2D eigenvalue weighted by Gasteiger charge is -2.11. The van der Waals surface area contributed by atoms with Crippen molar-refractivity contribution in [2.24, 2.45) is 0 Å². The monoisotopic (exact) mass is 388 g/mol. The number of allylic oxidation sites excluding steroid dienone is 1. The van der Waals surface area contributed by atoms with Crippen molar-refractivity contribution in [1.82, 2.24) is 9.78 Å². The number of benzene rings is 2. The van der Waals surface area contributed by atoms with Gasteiger partial charge in [-0.25, -0.2) is 0 Å². The predicted molar refractivity (Wildman–Crippen MR) is 118 cm³/mol. The van der Waals surface area contributed by atoms with Crippen LogP contribution in [0.25, 0.3) is 6.08 Å². The van der Waals surface area contributed by atoms with E-state index >= 15 is 0 Å². The summed E-state index contributed by atoms with van der Waals surface area (Å²) in [7, 11) is 1.67. The molecule has 0 unspecified atom stereocenters. The summed E-state index contributed by atoms with van der Waals surface area (Å²) in [6.45, 7) is 8.93. The van der Waals surface area contributed by atoms with Gasteiger partial charge in [-0.15, -0.1) is 0 Å². The van der Waals surface area contributed by atoms with Crippen molar-refractivity contribution in [2.45, 2.75) is 40.2 Å². The SMILES string of the molecule is COc1ccc(/C=C/C(=O)c2ccc(C(C)C)cc2)cc1Cn1nc(C)cc1C. The fraction of sp³-hybridized carbons (Fsp3) is 0.280. The van der Waals surface area contributed by atoms with Crippen LogP contribution in [0.3, 0.4) is 0 Å². The number of aryl methyl sites for hydroxylation is 2. The van der Waals surface area contributed by atoms with Crippen molar-refractivity contribution in [3.8, 4) is 5.75 Å². The largest absolute Gasteiger partial charge is 0.496 e. The number of methoxy groups -OCH3 is 1. The highest BCUT2D eigenvalue weighted by Crippen LogP contribution is 2.23. The molecule has 0 bridgehead atoms. The number of ether oxygens (including phenoxy) is 1. The van der Waals surface area contributed by atoms with Gasteiger partial charge in [-0.1, -0.05) is 50.3 Å². The van der Waals surface area contributed by atoms with E-state index in [0.717, 1.165) is 28.3 Å². The fourth-order valence-corrected chi connectivity index (χ4v) is 3.32. The average molecular weight is 389 g/mol. The van der Waals surface area contributed by atoms with E-state index in [4.69, 9.17) is 4.74 Å². The van der Waals surface area contributed by atoms with Crippen molar-refractivity contribution < 1.29 is 9.53 Å². The molecule has 0 atom stereocenters. The molecule has 0 saturated heterocycles. The highest BCUT2D eigenvalue weighted by Gasteiger charge is 2.09. The molecule has 0 aliphatic rings. The molecule has 1 aromatic heterocycles. The maximum absolute atomic E-state index is 12.5. The lowest BCUT2D eigenvalue weighted by Crippen LogP contribution is -2.05. The minimum Gasteiger partial charge on any atom is -0.496 e. The number of nitrogens with zero attached hydrogens (tertiary/aromatic N) is 2. The first-order chi connectivity index (χ1) is 13.9. The third-order valence-corrected chi connectivity index (χ3v) is 5.02. The summed E-state index contributed by atoms with van der Waals surface area (Å²) in [6, 6.07) is 15.8. The van der Waals surface area contributed by atoms with Gasteiger partial charge in [0.1, 0.15) is 5.75 Å². The third kappa shape index (κ3) is 5.02. The minimum atomic E-state index is -0.00350. The predicted octanol–water partition coefficient (Wildman–Crippen LogP) is 5.58. The molecule has 0 N–H and O–H groups in total. The van der Waals surface area contributed by atoms with Crippen LogP contribution in [-0.2, 0) is 6.54 Å². The number of aromatic nitrogens is 2. The Balaban J connectivity index is 1.79. The van der Waals surface area contributed by atoms with E-state index in [-0.39, 0.29) is 5.78 Å². The molecule has 0 amide bonds. The Morgan fingerprint density at radius 3 is 2.41 bits per heavy atom. The minimum absolute atomic E-state index is 0.00350. The Kier molecular flexibility index (Phi) is 6.32. The van der Waals surface area contributed by atoms with E-state index in [9.17, 15) is 4.79 Å². The van der Waals surface area contributed by atoms with Crippen LogP contribution in [0.4, 0.5) is 0 Å². The van der Waals surface area contributed by atoms with Gasteiger partial charge >= 0.3 is 0 Å². The highest BCUT2D eigenvalue weighted by atomic mass is 16.5. The molecular weight excluding hydrogens is 360 g/mol. The van der Waals surface area contributed by atoms with Gasteiger partial charge in [0.2, 0.25) is 0 Å². The van der Waals surface area contributed by atoms with Crippen LogP contribution >= 0.6 is 0 Å². The average Bonchev–Trinajstić information content (AvgIpc) is 3.03. The standard InChI is InChI=1S/C25H28N2O2/c1-17(2)21-8-10-22(11-9-21)24(28)12-6-20-7-13-25(29-5)23(15-20)16-27-19(4)14-18(3)26-27/h6-15,17H,16H2,1-5H3/b12-6+. The number of carbonyl (C=O) groups excluding carboxylic acids is 1. The summed E-state index contributed by atoms with van der Waals surface area (Å²) in [4.78, 5) is 12.5. The molecule has 0 radical (unpaired) electrons. The molecule has 3 rings (SSSR count). The Morgan fingerprint density at radius 1 is 1.10 bits per heavy atom. The molecule has 150 valence electrons. The zero-order chi connectivity index (χ0) is 21.0. The van der Waals surface area contributed by atoms with E-state index < -0.39 is 0 Å². The molecule has 0 fully saturated rings. The molecule has 2 aromatic carbocycles. The van der Waals surface area contributed by atoms with Gasteiger partial charge in [-0.2, -0.15) is 5.10 Å². The molecule has 29 heavy (non-hydrogen) atoms. The first kappa shape index (κ1) is 20.6. The molecule has 1 heterocycles. The smallest absolute Gasteiger partial charge is 0.185 e. The number of hydrogen-bond donors (Lipinski definition) is 0. The lowest BCUT2D eigenvalue weighted by molar-refractivity contribution is 0.104. The van der Waals surface area contributed by atoms with Crippen LogP contribution < -0.4 is 4.74 Å². The fourth-order valence-electron chi connectivity index (χ4n) is 3.32.